The van der Waals surface area contributed by atoms with Crippen molar-refractivity contribution < 1.29 is 8.42 Å². The Balaban J connectivity index is 1.95. The molecule has 7 heteroatoms. The Hall–Kier alpha value is -0.920. The van der Waals surface area contributed by atoms with Crippen molar-refractivity contribution in [3.05, 3.63) is 12.0 Å². The Morgan fingerprint density at radius 1 is 1.42 bits per heavy atom. The molecule has 1 N–H and O–H groups in total. The van der Waals surface area contributed by atoms with Crippen molar-refractivity contribution >= 4 is 10.0 Å². The number of hydrogen-bond donors (Lipinski definition) is 1. The summed E-state index contributed by atoms with van der Waals surface area (Å²) in [6.45, 7) is 4.11. The molecule has 0 amide bonds. The molecule has 0 radical (unpaired) electrons. The SMILES string of the molecule is Cc1nc(S(=O)(=O)N2CCCC3CNCC32)cn1C. The molecular weight excluding hydrogens is 264 g/mol. The number of piperidine rings is 1. The molecule has 1 aromatic rings. The number of fused-ring (bicyclic) bond motifs is 1. The molecular formula is C12H20N4O2S. The Bertz CT molecular complexity index is 561. The van der Waals surface area contributed by atoms with Crippen molar-refractivity contribution in [1.82, 2.24) is 19.2 Å². The van der Waals surface area contributed by atoms with E-state index in [-0.39, 0.29) is 11.1 Å². The van der Waals surface area contributed by atoms with E-state index in [9.17, 15) is 8.42 Å². The smallest absolute Gasteiger partial charge is 0.262 e. The summed E-state index contributed by atoms with van der Waals surface area (Å²) in [5.41, 5.74) is 0. The second kappa shape index (κ2) is 4.57. The van der Waals surface area contributed by atoms with Gasteiger partial charge >= 0.3 is 0 Å². The maximum Gasteiger partial charge on any atom is 0.262 e. The maximum atomic E-state index is 12.7. The molecule has 106 valence electrons. The van der Waals surface area contributed by atoms with Crippen LogP contribution in [0.3, 0.4) is 0 Å². The molecule has 0 spiro atoms. The fraction of sp³-hybridized carbons (Fsp3) is 0.750. The van der Waals surface area contributed by atoms with Crippen molar-refractivity contribution in [2.75, 3.05) is 19.6 Å². The molecule has 1 aromatic heterocycles. The van der Waals surface area contributed by atoms with E-state index in [0.29, 0.717) is 12.5 Å². The summed E-state index contributed by atoms with van der Waals surface area (Å²) >= 11 is 0. The van der Waals surface area contributed by atoms with Gasteiger partial charge in [0.25, 0.3) is 10.0 Å². The molecule has 2 aliphatic rings. The first-order valence-electron chi connectivity index (χ1n) is 6.72. The Morgan fingerprint density at radius 2 is 2.21 bits per heavy atom. The van der Waals surface area contributed by atoms with E-state index in [0.717, 1.165) is 31.8 Å². The number of nitrogens with one attached hydrogen (secondary N) is 1. The van der Waals surface area contributed by atoms with Gasteiger partial charge in [-0.1, -0.05) is 0 Å². The van der Waals surface area contributed by atoms with Gasteiger partial charge in [0.1, 0.15) is 5.82 Å². The van der Waals surface area contributed by atoms with Crippen LogP contribution >= 0.6 is 0 Å². The Labute approximate surface area is 113 Å². The summed E-state index contributed by atoms with van der Waals surface area (Å²) in [6, 6.07) is 0.0982. The highest BCUT2D eigenvalue weighted by Crippen LogP contribution is 2.30. The maximum absolute atomic E-state index is 12.7. The average Bonchev–Trinajstić information content (AvgIpc) is 2.96. The Kier molecular flexibility index (Phi) is 3.15. The van der Waals surface area contributed by atoms with Gasteiger partial charge in [-0.05, 0) is 32.2 Å². The third kappa shape index (κ3) is 2.09. The fourth-order valence-corrected chi connectivity index (χ4v) is 4.85. The first-order valence-corrected chi connectivity index (χ1v) is 8.16. The molecule has 2 saturated heterocycles. The van der Waals surface area contributed by atoms with Crippen LogP contribution < -0.4 is 5.32 Å². The third-order valence-electron chi connectivity index (χ3n) is 4.29. The number of rotatable bonds is 2. The van der Waals surface area contributed by atoms with Crippen LogP contribution in [0.1, 0.15) is 18.7 Å². The van der Waals surface area contributed by atoms with Gasteiger partial charge < -0.3 is 9.88 Å². The molecule has 0 aromatic carbocycles. The highest BCUT2D eigenvalue weighted by atomic mass is 32.2. The minimum atomic E-state index is -3.46. The van der Waals surface area contributed by atoms with Gasteiger partial charge in [0.05, 0.1) is 0 Å². The van der Waals surface area contributed by atoms with Crippen LogP contribution in [0.5, 0.6) is 0 Å². The lowest BCUT2D eigenvalue weighted by atomic mass is 9.94. The van der Waals surface area contributed by atoms with Gasteiger partial charge in [-0.15, -0.1) is 0 Å². The predicted octanol–water partition coefficient (Wildman–Crippen LogP) is 0.101. The minimum Gasteiger partial charge on any atom is -0.337 e. The Morgan fingerprint density at radius 3 is 2.89 bits per heavy atom. The highest BCUT2D eigenvalue weighted by Gasteiger charge is 2.42. The summed E-state index contributed by atoms with van der Waals surface area (Å²) in [5.74, 6) is 1.17. The van der Waals surface area contributed by atoms with Crippen molar-refractivity contribution in [1.29, 1.82) is 0 Å². The molecule has 2 unspecified atom stereocenters. The first kappa shape index (κ1) is 13.1. The summed E-state index contributed by atoms with van der Waals surface area (Å²) in [7, 11) is -1.64. The van der Waals surface area contributed by atoms with Crippen molar-refractivity contribution in [2.45, 2.75) is 30.8 Å². The average molecular weight is 284 g/mol. The fourth-order valence-electron chi connectivity index (χ4n) is 3.09. The van der Waals surface area contributed by atoms with Gasteiger partial charge in [0, 0.05) is 32.4 Å². The molecule has 0 aliphatic carbocycles. The zero-order valence-corrected chi connectivity index (χ0v) is 12.2. The normalized spacial score (nSPS) is 28.5. The van der Waals surface area contributed by atoms with Gasteiger partial charge in [0.2, 0.25) is 0 Å². The summed E-state index contributed by atoms with van der Waals surface area (Å²) < 4.78 is 28.8. The van der Waals surface area contributed by atoms with Gasteiger partial charge in [-0.2, -0.15) is 4.31 Å². The molecule has 2 aliphatic heterocycles. The van der Waals surface area contributed by atoms with Crippen LogP contribution in [0.2, 0.25) is 0 Å². The topological polar surface area (TPSA) is 67.2 Å². The van der Waals surface area contributed by atoms with E-state index in [1.165, 1.54) is 0 Å². The summed E-state index contributed by atoms with van der Waals surface area (Å²) in [6.07, 6.45) is 3.66. The van der Waals surface area contributed by atoms with Crippen LogP contribution in [0.25, 0.3) is 0 Å². The zero-order chi connectivity index (χ0) is 13.6. The largest absolute Gasteiger partial charge is 0.337 e. The van der Waals surface area contributed by atoms with E-state index in [2.05, 4.69) is 10.3 Å². The van der Waals surface area contributed by atoms with Crippen molar-refractivity contribution in [2.24, 2.45) is 13.0 Å². The lowest BCUT2D eigenvalue weighted by molar-refractivity contribution is 0.217. The number of hydrogen-bond acceptors (Lipinski definition) is 4. The first-order chi connectivity index (χ1) is 9.00. The molecule has 3 rings (SSSR count). The van der Waals surface area contributed by atoms with Crippen LogP contribution in [-0.4, -0.2) is 48.0 Å². The lowest BCUT2D eigenvalue weighted by Gasteiger charge is -2.35. The third-order valence-corrected chi connectivity index (χ3v) is 6.08. The van der Waals surface area contributed by atoms with Crippen LogP contribution in [0, 0.1) is 12.8 Å². The number of sulfonamides is 1. The summed E-state index contributed by atoms with van der Waals surface area (Å²) in [5, 5.41) is 3.48. The molecule has 2 fully saturated rings. The minimum absolute atomic E-state index is 0.0982. The number of nitrogens with zero attached hydrogens (tertiary/aromatic N) is 3. The van der Waals surface area contributed by atoms with Crippen LogP contribution in [-0.2, 0) is 17.1 Å². The van der Waals surface area contributed by atoms with E-state index in [1.54, 1.807) is 15.1 Å². The molecule has 0 bridgehead atoms. The molecule has 2 atom stereocenters. The lowest BCUT2D eigenvalue weighted by Crippen LogP contribution is -2.48. The highest BCUT2D eigenvalue weighted by molar-refractivity contribution is 7.89. The molecule has 3 heterocycles. The number of aromatic nitrogens is 2. The van der Waals surface area contributed by atoms with Crippen LogP contribution in [0.15, 0.2) is 11.2 Å². The monoisotopic (exact) mass is 284 g/mol. The zero-order valence-electron chi connectivity index (χ0n) is 11.3. The van der Waals surface area contributed by atoms with Crippen molar-refractivity contribution in [3.8, 4) is 0 Å². The van der Waals surface area contributed by atoms with Gasteiger partial charge in [0.15, 0.2) is 5.03 Å². The molecule has 6 nitrogen and oxygen atoms in total. The molecule has 0 saturated carbocycles. The predicted molar refractivity (Wildman–Crippen MR) is 71.2 cm³/mol. The standard InChI is InChI=1S/C12H20N4O2S/c1-9-14-12(8-15(9)2)19(17,18)16-5-3-4-10-6-13-7-11(10)16/h8,10-11,13H,3-7H2,1-2H3. The van der Waals surface area contributed by atoms with E-state index in [1.807, 2.05) is 14.0 Å². The van der Waals surface area contributed by atoms with Gasteiger partial charge in [-0.25, -0.2) is 13.4 Å². The number of aryl methyl sites for hydroxylation is 2. The van der Waals surface area contributed by atoms with Gasteiger partial charge in [-0.3, -0.25) is 0 Å². The van der Waals surface area contributed by atoms with E-state index in [4.69, 9.17) is 0 Å². The second-order valence-electron chi connectivity index (χ2n) is 5.48. The van der Waals surface area contributed by atoms with Crippen LogP contribution in [0.4, 0.5) is 0 Å². The number of imidazole rings is 1. The molecule has 19 heavy (non-hydrogen) atoms. The van der Waals surface area contributed by atoms with E-state index >= 15 is 0 Å². The summed E-state index contributed by atoms with van der Waals surface area (Å²) in [4.78, 5) is 4.18. The second-order valence-corrected chi connectivity index (χ2v) is 7.32. The van der Waals surface area contributed by atoms with E-state index < -0.39 is 10.0 Å². The van der Waals surface area contributed by atoms with Crippen molar-refractivity contribution in [3.63, 3.8) is 0 Å². The quantitative estimate of drug-likeness (QED) is 0.836.